The number of likely N-dealkylation sites (N-methyl/N-ethyl adjacent to an activating group) is 1. The van der Waals surface area contributed by atoms with E-state index in [0.29, 0.717) is 4.67 Å². The molecule has 1 amide bonds. The summed E-state index contributed by atoms with van der Waals surface area (Å²) in [5, 5.41) is 0. The van der Waals surface area contributed by atoms with Gasteiger partial charge in [0, 0.05) is 12.6 Å². The molecule has 0 fully saturated rings. The highest BCUT2D eigenvalue weighted by atomic mass is 79.9. The normalized spacial score (nSPS) is 24.2. The zero-order valence-electron chi connectivity index (χ0n) is 9.30. The van der Waals surface area contributed by atoms with Crippen molar-refractivity contribution in [3.8, 4) is 0 Å². The van der Waals surface area contributed by atoms with Gasteiger partial charge in [-0.05, 0) is 42.8 Å². The van der Waals surface area contributed by atoms with E-state index in [1.54, 1.807) is 4.90 Å². The fraction of sp³-hybridized carbons (Fsp3) is 0.545. The van der Waals surface area contributed by atoms with Crippen LogP contribution in [0.5, 0.6) is 0 Å². The Kier molecular flexibility index (Phi) is 2.23. The number of rotatable bonds is 0. The van der Waals surface area contributed by atoms with E-state index in [1.807, 2.05) is 33.9 Å². The molecule has 82 valence electrons. The number of amides is 1. The van der Waals surface area contributed by atoms with E-state index in [2.05, 4.69) is 15.9 Å². The molecule has 0 N–H and O–H groups in total. The average Bonchev–Trinajstić information content (AvgIpc) is 2.56. The minimum atomic E-state index is -0.297. The molecule has 0 saturated carbocycles. The highest BCUT2D eigenvalue weighted by Gasteiger charge is 2.43. The molecule has 1 aromatic rings. The molecule has 0 spiro atoms. The van der Waals surface area contributed by atoms with Gasteiger partial charge in [-0.3, -0.25) is 4.79 Å². The van der Waals surface area contributed by atoms with Crippen LogP contribution in [0.3, 0.4) is 0 Å². The van der Waals surface area contributed by atoms with Crippen LogP contribution in [0, 0.1) is 0 Å². The first kappa shape index (κ1) is 10.7. The molecule has 1 aliphatic heterocycles. The van der Waals surface area contributed by atoms with Crippen LogP contribution in [-0.2, 0) is 10.3 Å². The topological polar surface area (TPSA) is 33.5 Å². The van der Waals surface area contributed by atoms with Crippen molar-refractivity contribution in [2.24, 2.45) is 0 Å². The van der Waals surface area contributed by atoms with Gasteiger partial charge in [0.2, 0.25) is 5.91 Å². The summed E-state index contributed by atoms with van der Waals surface area (Å²) in [6.07, 6.45) is 0. The van der Waals surface area contributed by atoms with Crippen molar-refractivity contribution >= 4 is 21.8 Å². The monoisotopic (exact) mass is 271 g/mol. The molecule has 15 heavy (non-hydrogen) atoms. The zero-order chi connectivity index (χ0) is 11.4. The molecule has 0 bridgehead atoms. The van der Waals surface area contributed by atoms with E-state index in [1.165, 1.54) is 0 Å². The number of halogens is 1. The molecule has 1 atom stereocenters. The lowest BCUT2D eigenvalue weighted by Gasteiger charge is -2.41. The van der Waals surface area contributed by atoms with Gasteiger partial charge >= 0.3 is 0 Å². The van der Waals surface area contributed by atoms with Crippen LogP contribution in [0.2, 0.25) is 0 Å². The number of hydrogen-bond donors (Lipinski definition) is 0. The third-order valence-electron chi connectivity index (χ3n) is 3.32. The highest BCUT2D eigenvalue weighted by Crippen LogP contribution is 2.42. The minimum Gasteiger partial charge on any atom is -0.453 e. The molecule has 1 unspecified atom stereocenters. The maximum absolute atomic E-state index is 12.0. The smallest absolute Gasteiger partial charge is 0.233 e. The van der Waals surface area contributed by atoms with Crippen LogP contribution in [0.15, 0.2) is 15.2 Å². The number of fused-ring (bicyclic) bond motifs is 1. The maximum atomic E-state index is 12.0. The Hall–Kier alpha value is -0.770. The molecule has 0 aromatic carbocycles. The Labute approximate surface area is 97.6 Å². The second-order valence-electron chi connectivity index (χ2n) is 4.51. The van der Waals surface area contributed by atoms with Crippen molar-refractivity contribution in [3.63, 3.8) is 0 Å². The molecule has 0 radical (unpaired) electrons. The Balaban J connectivity index is 2.65. The van der Waals surface area contributed by atoms with Crippen LogP contribution in [0.25, 0.3) is 0 Å². The molecular weight excluding hydrogens is 258 g/mol. The van der Waals surface area contributed by atoms with E-state index in [-0.39, 0.29) is 17.4 Å². The van der Waals surface area contributed by atoms with E-state index in [9.17, 15) is 4.79 Å². The van der Waals surface area contributed by atoms with Crippen molar-refractivity contribution in [2.45, 2.75) is 32.2 Å². The summed E-state index contributed by atoms with van der Waals surface area (Å²) >= 11 is 3.31. The zero-order valence-corrected chi connectivity index (χ0v) is 10.9. The van der Waals surface area contributed by atoms with Crippen LogP contribution >= 0.6 is 15.9 Å². The van der Waals surface area contributed by atoms with Gasteiger partial charge in [-0.1, -0.05) is 0 Å². The van der Waals surface area contributed by atoms with Crippen LogP contribution in [-0.4, -0.2) is 17.9 Å². The predicted molar refractivity (Wildman–Crippen MR) is 60.6 cm³/mol. The lowest BCUT2D eigenvalue weighted by molar-refractivity contribution is -0.138. The molecule has 2 rings (SSSR count). The first-order valence-electron chi connectivity index (χ1n) is 4.93. The first-order valence-corrected chi connectivity index (χ1v) is 5.72. The summed E-state index contributed by atoms with van der Waals surface area (Å²) in [7, 11) is 1.84. The molecule has 0 aliphatic carbocycles. The summed E-state index contributed by atoms with van der Waals surface area (Å²) in [5.41, 5.74) is 0.790. The highest BCUT2D eigenvalue weighted by molar-refractivity contribution is 9.10. The van der Waals surface area contributed by atoms with Crippen molar-refractivity contribution in [3.05, 3.63) is 22.1 Å². The Morgan fingerprint density at radius 1 is 1.53 bits per heavy atom. The molecule has 4 heteroatoms. The van der Waals surface area contributed by atoms with Gasteiger partial charge in [0.05, 0.1) is 11.5 Å². The van der Waals surface area contributed by atoms with Gasteiger partial charge in [0.1, 0.15) is 5.76 Å². The molecule has 1 aromatic heterocycles. The van der Waals surface area contributed by atoms with Crippen molar-refractivity contribution in [2.75, 3.05) is 7.05 Å². The third-order valence-corrected chi connectivity index (χ3v) is 3.71. The second kappa shape index (κ2) is 3.11. The van der Waals surface area contributed by atoms with Crippen molar-refractivity contribution in [1.82, 2.24) is 4.90 Å². The molecule has 0 saturated heterocycles. The van der Waals surface area contributed by atoms with Crippen molar-refractivity contribution < 1.29 is 9.21 Å². The second-order valence-corrected chi connectivity index (χ2v) is 5.29. The number of carbonyl (C=O) groups is 1. The lowest BCUT2D eigenvalue weighted by atomic mass is 9.84. The van der Waals surface area contributed by atoms with Gasteiger partial charge in [-0.2, -0.15) is 0 Å². The van der Waals surface area contributed by atoms with Crippen molar-refractivity contribution in [1.29, 1.82) is 0 Å². The molecular formula is C11H14BrNO2. The van der Waals surface area contributed by atoms with E-state index < -0.39 is 0 Å². The number of carbonyl (C=O) groups excluding carboxylic acids is 1. The van der Waals surface area contributed by atoms with Gasteiger partial charge in [-0.25, -0.2) is 0 Å². The Bertz CT molecular complexity index is 422. The molecule has 1 aliphatic rings. The van der Waals surface area contributed by atoms with Gasteiger partial charge in [0.15, 0.2) is 4.67 Å². The summed E-state index contributed by atoms with van der Waals surface area (Å²) < 4.78 is 6.23. The quantitative estimate of drug-likeness (QED) is 0.727. The molecule has 3 nitrogen and oxygen atoms in total. The van der Waals surface area contributed by atoms with Gasteiger partial charge < -0.3 is 9.32 Å². The van der Waals surface area contributed by atoms with Crippen LogP contribution in [0.1, 0.15) is 38.0 Å². The first-order chi connectivity index (χ1) is 6.85. The summed E-state index contributed by atoms with van der Waals surface area (Å²) in [6.45, 7) is 5.93. The fourth-order valence-electron chi connectivity index (χ4n) is 2.03. The summed E-state index contributed by atoms with van der Waals surface area (Å²) in [5.74, 6) is 0.702. The summed E-state index contributed by atoms with van der Waals surface area (Å²) in [4.78, 5) is 13.7. The van der Waals surface area contributed by atoms with Crippen LogP contribution in [0.4, 0.5) is 0 Å². The van der Waals surface area contributed by atoms with E-state index >= 15 is 0 Å². The fourth-order valence-corrected chi connectivity index (χ4v) is 2.44. The van der Waals surface area contributed by atoms with E-state index in [0.717, 1.165) is 11.3 Å². The summed E-state index contributed by atoms with van der Waals surface area (Å²) in [6, 6.07) is 1.95. The van der Waals surface area contributed by atoms with Gasteiger partial charge in [-0.15, -0.1) is 0 Å². The number of furan rings is 1. The van der Waals surface area contributed by atoms with E-state index in [4.69, 9.17) is 4.42 Å². The number of hydrogen-bond acceptors (Lipinski definition) is 2. The molecule has 2 heterocycles. The average molecular weight is 272 g/mol. The minimum absolute atomic E-state index is 0.106. The van der Waals surface area contributed by atoms with Crippen LogP contribution < -0.4 is 0 Å². The predicted octanol–water partition coefficient (Wildman–Crippen LogP) is 2.85. The standard InChI is InChI=1S/C11H14BrNO2/c1-6-9-7(5-8(12)15-9)11(2,3)13(4)10(6)14/h5-6H,1-4H3. The maximum Gasteiger partial charge on any atom is 0.233 e. The lowest BCUT2D eigenvalue weighted by Crippen LogP contribution is -2.48. The van der Waals surface area contributed by atoms with Gasteiger partial charge in [0.25, 0.3) is 0 Å². The number of nitrogens with zero attached hydrogens (tertiary/aromatic N) is 1. The third kappa shape index (κ3) is 1.34. The Morgan fingerprint density at radius 3 is 2.73 bits per heavy atom. The SMILES string of the molecule is CC1C(=O)N(C)C(C)(C)c2cc(Br)oc21. The Morgan fingerprint density at radius 2 is 2.13 bits per heavy atom. The largest absolute Gasteiger partial charge is 0.453 e.